The van der Waals surface area contributed by atoms with E-state index in [1.165, 1.54) is 6.21 Å². The molecule has 0 bridgehead atoms. The van der Waals surface area contributed by atoms with Crippen LogP contribution in [0, 0.1) is 0 Å². The lowest BCUT2D eigenvalue weighted by Gasteiger charge is -2.21. The molecule has 0 atom stereocenters. The fourth-order valence-electron chi connectivity index (χ4n) is 1.17. The summed E-state index contributed by atoms with van der Waals surface area (Å²) in [4.78, 5) is 4.02. The van der Waals surface area contributed by atoms with Crippen molar-refractivity contribution in [3.63, 3.8) is 0 Å². The average Bonchev–Trinajstić information content (AvgIpc) is 2.41. The van der Waals surface area contributed by atoms with E-state index in [2.05, 4.69) is 4.99 Å². The molecule has 0 radical (unpaired) electrons. The topological polar surface area (TPSA) is 82.3 Å². The Bertz CT molecular complexity index is 349. The van der Waals surface area contributed by atoms with Gasteiger partial charge in [-0.2, -0.15) is 0 Å². The normalized spacial score (nSPS) is 12.0. The minimum absolute atomic E-state index is 0.410. The zero-order valence-electron chi connectivity index (χ0n) is 9.71. The lowest BCUT2D eigenvalue weighted by atomic mass is 10.1. The Kier molecular flexibility index (Phi) is 5.09. The Labute approximate surface area is 100 Å². The standard InChI is InChI=1S/C12H17NO4/c1-17-11-4-2-10(3-5-11)6-13-12(7-14,8-15)9-16/h2-6,14-16H,7-9H2,1H3. The van der Waals surface area contributed by atoms with Gasteiger partial charge in [0, 0.05) is 6.21 Å². The summed E-state index contributed by atoms with van der Waals surface area (Å²) in [6, 6.07) is 7.14. The van der Waals surface area contributed by atoms with Crippen LogP contribution in [-0.2, 0) is 0 Å². The van der Waals surface area contributed by atoms with Gasteiger partial charge in [0.25, 0.3) is 0 Å². The van der Waals surface area contributed by atoms with Gasteiger partial charge in [0.1, 0.15) is 11.3 Å². The van der Waals surface area contributed by atoms with Crippen LogP contribution in [0.4, 0.5) is 0 Å². The zero-order chi connectivity index (χ0) is 12.7. The van der Waals surface area contributed by atoms with E-state index >= 15 is 0 Å². The van der Waals surface area contributed by atoms with Crippen molar-refractivity contribution in [1.29, 1.82) is 0 Å². The monoisotopic (exact) mass is 239 g/mol. The Morgan fingerprint density at radius 2 is 1.65 bits per heavy atom. The van der Waals surface area contributed by atoms with Crippen molar-refractivity contribution in [2.45, 2.75) is 5.54 Å². The first-order valence-corrected chi connectivity index (χ1v) is 5.21. The highest BCUT2D eigenvalue weighted by Gasteiger charge is 2.25. The van der Waals surface area contributed by atoms with E-state index in [1.54, 1.807) is 31.4 Å². The van der Waals surface area contributed by atoms with Crippen LogP contribution < -0.4 is 4.74 Å². The predicted octanol–water partition coefficient (Wildman–Crippen LogP) is -0.170. The molecule has 1 aromatic rings. The van der Waals surface area contributed by atoms with Gasteiger partial charge in [-0.3, -0.25) is 4.99 Å². The maximum absolute atomic E-state index is 9.08. The molecule has 0 heterocycles. The van der Waals surface area contributed by atoms with Crippen LogP contribution >= 0.6 is 0 Å². The molecule has 0 aliphatic heterocycles. The van der Waals surface area contributed by atoms with Gasteiger partial charge < -0.3 is 20.1 Å². The van der Waals surface area contributed by atoms with Crippen molar-refractivity contribution in [2.75, 3.05) is 26.9 Å². The average molecular weight is 239 g/mol. The zero-order valence-corrected chi connectivity index (χ0v) is 9.71. The van der Waals surface area contributed by atoms with Gasteiger partial charge in [-0.1, -0.05) is 0 Å². The second kappa shape index (κ2) is 6.34. The first-order valence-electron chi connectivity index (χ1n) is 5.21. The van der Waals surface area contributed by atoms with Crippen LogP contribution in [0.1, 0.15) is 5.56 Å². The second-order valence-electron chi connectivity index (χ2n) is 3.73. The minimum atomic E-state index is -1.22. The molecular weight excluding hydrogens is 222 g/mol. The molecule has 0 fully saturated rings. The molecule has 0 unspecified atom stereocenters. The lowest BCUT2D eigenvalue weighted by molar-refractivity contribution is 0.0718. The molecule has 0 aliphatic rings. The van der Waals surface area contributed by atoms with Crippen molar-refractivity contribution < 1.29 is 20.1 Å². The summed E-state index contributed by atoms with van der Waals surface area (Å²) in [7, 11) is 1.58. The molecule has 0 aliphatic carbocycles. The van der Waals surface area contributed by atoms with Crippen molar-refractivity contribution in [3.05, 3.63) is 29.8 Å². The maximum atomic E-state index is 9.08. The van der Waals surface area contributed by atoms with E-state index < -0.39 is 25.4 Å². The van der Waals surface area contributed by atoms with E-state index in [1.807, 2.05) is 0 Å². The Morgan fingerprint density at radius 3 is 2.06 bits per heavy atom. The van der Waals surface area contributed by atoms with E-state index in [-0.39, 0.29) is 0 Å². The number of aliphatic imine (C=N–C) groups is 1. The van der Waals surface area contributed by atoms with Gasteiger partial charge in [-0.15, -0.1) is 0 Å². The third-order valence-electron chi connectivity index (χ3n) is 2.49. The fraction of sp³-hybridized carbons (Fsp3) is 0.417. The Balaban J connectivity index is 2.80. The van der Waals surface area contributed by atoms with Crippen molar-refractivity contribution in [2.24, 2.45) is 4.99 Å². The maximum Gasteiger partial charge on any atom is 0.129 e. The molecule has 0 spiro atoms. The molecule has 1 rings (SSSR count). The molecule has 0 amide bonds. The molecule has 0 saturated carbocycles. The highest BCUT2D eigenvalue weighted by atomic mass is 16.5. The SMILES string of the molecule is COc1ccc(C=NC(CO)(CO)CO)cc1. The fourth-order valence-corrected chi connectivity index (χ4v) is 1.17. The van der Waals surface area contributed by atoms with Crippen LogP contribution in [0.5, 0.6) is 5.75 Å². The van der Waals surface area contributed by atoms with Gasteiger partial charge in [0.2, 0.25) is 0 Å². The molecule has 94 valence electrons. The van der Waals surface area contributed by atoms with Crippen molar-refractivity contribution in [3.8, 4) is 5.75 Å². The molecule has 1 aromatic carbocycles. The van der Waals surface area contributed by atoms with Gasteiger partial charge in [0.05, 0.1) is 26.9 Å². The number of methoxy groups -OCH3 is 1. The lowest BCUT2D eigenvalue weighted by Crippen LogP contribution is -2.39. The second-order valence-corrected chi connectivity index (χ2v) is 3.73. The van der Waals surface area contributed by atoms with Gasteiger partial charge in [-0.25, -0.2) is 0 Å². The van der Waals surface area contributed by atoms with Crippen LogP contribution in [0.25, 0.3) is 0 Å². The third kappa shape index (κ3) is 3.52. The predicted molar refractivity (Wildman–Crippen MR) is 64.6 cm³/mol. The summed E-state index contributed by atoms with van der Waals surface area (Å²) in [6.45, 7) is -1.23. The molecule has 3 N–H and O–H groups in total. The number of benzene rings is 1. The van der Waals surface area contributed by atoms with E-state index in [4.69, 9.17) is 20.1 Å². The number of hydrogen-bond donors (Lipinski definition) is 3. The number of ether oxygens (including phenoxy) is 1. The number of aliphatic hydroxyl groups is 3. The minimum Gasteiger partial charge on any atom is -0.497 e. The largest absolute Gasteiger partial charge is 0.497 e. The van der Waals surface area contributed by atoms with Crippen LogP contribution in [-0.4, -0.2) is 54.0 Å². The van der Waals surface area contributed by atoms with E-state index in [9.17, 15) is 0 Å². The summed E-state index contributed by atoms with van der Waals surface area (Å²) in [5.74, 6) is 0.736. The molecule has 5 nitrogen and oxygen atoms in total. The highest BCUT2D eigenvalue weighted by Crippen LogP contribution is 2.12. The Morgan fingerprint density at radius 1 is 1.12 bits per heavy atom. The van der Waals surface area contributed by atoms with Crippen LogP contribution in [0.15, 0.2) is 29.3 Å². The number of aliphatic hydroxyl groups excluding tert-OH is 3. The number of hydrogen-bond acceptors (Lipinski definition) is 5. The third-order valence-corrected chi connectivity index (χ3v) is 2.49. The van der Waals surface area contributed by atoms with Gasteiger partial charge in [0.15, 0.2) is 0 Å². The summed E-state index contributed by atoms with van der Waals surface area (Å²) in [5.41, 5.74) is -0.426. The van der Waals surface area contributed by atoms with Gasteiger partial charge >= 0.3 is 0 Å². The number of nitrogens with zero attached hydrogens (tertiary/aromatic N) is 1. The quantitative estimate of drug-likeness (QED) is 0.602. The van der Waals surface area contributed by atoms with E-state index in [0.29, 0.717) is 0 Å². The van der Waals surface area contributed by atoms with Gasteiger partial charge in [-0.05, 0) is 29.8 Å². The van der Waals surface area contributed by atoms with Crippen molar-refractivity contribution in [1.82, 2.24) is 0 Å². The van der Waals surface area contributed by atoms with Crippen LogP contribution in [0.3, 0.4) is 0 Å². The summed E-state index contributed by atoms with van der Waals surface area (Å²) in [6.07, 6.45) is 1.50. The summed E-state index contributed by atoms with van der Waals surface area (Å²) in [5, 5.41) is 27.2. The first-order chi connectivity index (χ1) is 8.19. The van der Waals surface area contributed by atoms with Crippen LogP contribution in [0.2, 0.25) is 0 Å². The first kappa shape index (κ1) is 13.6. The molecule has 5 heteroatoms. The Hall–Kier alpha value is -1.43. The summed E-state index contributed by atoms with van der Waals surface area (Å²) >= 11 is 0. The summed E-state index contributed by atoms with van der Waals surface area (Å²) < 4.78 is 5.01. The van der Waals surface area contributed by atoms with Crippen molar-refractivity contribution >= 4 is 6.21 Å². The molecule has 0 aromatic heterocycles. The number of rotatable bonds is 6. The highest BCUT2D eigenvalue weighted by molar-refractivity contribution is 5.80. The molecule has 0 saturated heterocycles. The van der Waals surface area contributed by atoms with E-state index in [0.717, 1.165) is 11.3 Å². The molecular formula is C12H17NO4. The smallest absolute Gasteiger partial charge is 0.129 e. The molecule has 17 heavy (non-hydrogen) atoms.